The highest BCUT2D eigenvalue weighted by molar-refractivity contribution is 14.1. The van der Waals surface area contributed by atoms with Crippen molar-refractivity contribution in [2.45, 2.75) is 6.54 Å². The summed E-state index contributed by atoms with van der Waals surface area (Å²) in [7, 11) is 0. The molecule has 114 valence electrons. The maximum Gasteiger partial charge on any atom is 0.193 e. The first-order valence-electron chi connectivity index (χ1n) is 6.91. The molecule has 0 unspecified atom stereocenters. The topological polar surface area (TPSA) is 77.0 Å². The molecule has 7 heteroatoms. The van der Waals surface area contributed by atoms with Crippen molar-refractivity contribution in [2.24, 2.45) is 0 Å². The van der Waals surface area contributed by atoms with E-state index in [1.807, 2.05) is 28.8 Å². The predicted molar refractivity (Wildman–Crippen MR) is 93.0 cm³/mol. The van der Waals surface area contributed by atoms with E-state index in [0.29, 0.717) is 27.3 Å². The Morgan fingerprint density at radius 3 is 2.70 bits per heavy atom. The molecule has 0 saturated carbocycles. The minimum Gasteiger partial charge on any atom is -0.508 e. The van der Waals surface area contributed by atoms with Gasteiger partial charge < -0.3 is 14.1 Å². The summed E-state index contributed by atoms with van der Waals surface area (Å²) in [6.45, 7) is 0.613. The molecule has 0 fully saturated rings. The van der Waals surface area contributed by atoms with Crippen molar-refractivity contribution in [3.8, 4) is 17.2 Å². The van der Waals surface area contributed by atoms with Gasteiger partial charge in [0.2, 0.25) is 0 Å². The molecule has 1 aromatic carbocycles. The highest BCUT2D eigenvalue weighted by Gasteiger charge is 2.15. The molecule has 0 spiro atoms. The van der Waals surface area contributed by atoms with Gasteiger partial charge in [-0.15, -0.1) is 0 Å². The van der Waals surface area contributed by atoms with Crippen LogP contribution in [0.15, 0.2) is 53.4 Å². The van der Waals surface area contributed by atoms with Crippen LogP contribution in [0.3, 0.4) is 0 Å². The lowest BCUT2D eigenvalue weighted by Gasteiger charge is -2.05. The number of rotatable bonds is 3. The summed E-state index contributed by atoms with van der Waals surface area (Å²) in [5, 5.41) is 9.38. The molecule has 0 amide bonds. The lowest BCUT2D eigenvalue weighted by Crippen LogP contribution is -2.01. The first-order chi connectivity index (χ1) is 11.2. The van der Waals surface area contributed by atoms with Crippen LogP contribution in [-0.2, 0) is 6.54 Å². The van der Waals surface area contributed by atoms with Crippen LogP contribution in [0.25, 0.3) is 22.6 Å². The fourth-order valence-corrected chi connectivity index (χ4v) is 2.89. The van der Waals surface area contributed by atoms with Crippen LogP contribution in [0, 0.1) is 3.83 Å². The third-order valence-electron chi connectivity index (χ3n) is 3.48. The standard InChI is InChI=1S/C16H11IN4O2/c17-16-19-13(12-2-1-7-23-12)14-15(20-16)21(9-18-14)8-10-3-5-11(22)6-4-10/h1-7,9,22H,8H2. The Labute approximate surface area is 145 Å². The third kappa shape index (κ3) is 2.67. The van der Waals surface area contributed by atoms with Gasteiger partial charge in [0.25, 0.3) is 0 Å². The Kier molecular flexibility index (Phi) is 3.49. The average Bonchev–Trinajstić information content (AvgIpc) is 3.19. The number of furan rings is 1. The summed E-state index contributed by atoms with van der Waals surface area (Å²) in [5.74, 6) is 0.923. The number of aromatic nitrogens is 4. The first kappa shape index (κ1) is 14.2. The van der Waals surface area contributed by atoms with Crippen LogP contribution < -0.4 is 0 Å². The van der Waals surface area contributed by atoms with E-state index < -0.39 is 0 Å². The second kappa shape index (κ2) is 5.65. The molecular weight excluding hydrogens is 407 g/mol. The van der Waals surface area contributed by atoms with E-state index in [9.17, 15) is 5.11 Å². The molecule has 4 rings (SSSR count). The van der Waals surface area contributed by atoms with Crippen molar-refractivity contribution in [3.05, 3.63) is 58.4 Å². The van der Waals surface area contributed by atoms with Crippen molar-refractivity contribution >= 4 is 33.8 Å². The van der Waals surface area contributed by atoms with Gasteiger partial charge in [0.15, 0.2) is 15.2 Å². The van der Waals surface area contributed by atoms with Crippen LogP contribution in [0.2, 0.25) is 0 Å². The summed E-state index contributed by atoms with van der Waals surface area (Å²) >= 11 is 2.09. The fraction of sp³-hybridized carbons (Fsp3) is 0.0625. The molecular formula is C16H11IN4O2. The molecule has 0 aliphatic carbocycles. The minimum atomic E-state index is 0.251. The molecule has 0 bridgehead atoms. The van der Waals surface area contributed by atoms with E-state index in [4.69, 9.17) is 4.42 Å². The van der Waals surface area contributed by atoms with Gasteiger partial charge in [-0.1, -0.05) is 12.1 Å². The number of hydrogen-bond acceptors (Lipinski definition) is 5. The van der Waals surface area contributed by atoms with E-state index >= 15 is 0 Å². The lowest BCUT2D eigenvalue weighted by molar-refractivity contribution is 0.475. The molecule has 23 heavy (non-hydrogen) atoms. The average molecular weight is 418 g/mol. The van der Waals surface area contributed by atoms with Crippen molar-refractivity contribution in [3.63, 3.8) is 0 Å². The van der Waals surface area contributed by atoms with Gasteiger partial charge in [0, 0.05) is 22.6 Å². The van der Waals surface area contributed by atoms with Gasteiger partial charge in [0.05, 0.1) is 19.1 Å². The molecule has 0 saturated heterocycles. The number of halogens is 1. The lowest BCUT2D eigenvalue weighted by atomic mass is 10.2. The number of hydrogen-bond donors (Lipinski definition) is 1. The molecule has 1 N–H and O–H groups in total. The maximum atomic E-state index is 9.38. The first-order valence-corrected chi connectivity index (χ1v) is 7.99. The Hall–Kier alpha value is -2.42. The molecule has 3 aromatic heterocycles. The van der Waals surface area contributed by atoms with E-state index in [1.165, 1.54) is 0 Å². The number of phenols is 1. The predicted octanol–water partition coefficient (Wildman–Crippen LogP) is 3.44. The SMILES string of the molecule is Oc1ccc(Cn2cnc3c(-c4ccco4)nc(I)nc32)cc1. The van der Waals surface area contributed by atoms with Gasteiger partial charge in [0.1, 0.15) is 17.0 Å². The monoisotopic (exact) mass is 418 g/mol. The van der Waals surface area contributed by atoms with E-state index in [2.05, 4.69) is 37.5 Å². The van der Waals surface area contributed by atoms with Gasteiger partial charge >= 0.3 is 0 Å². The summed E-state index contributed by atoms with van der Waals surface area (Å²) in [4.78, 5) is 13.4. The molecule has 0 radical (unpaired) electrons. The molecule has 3 heterocycles. The van der Waals surface area contributed by atoms with Crippen LogP contribution in [0.5, 0.6) is 5.75 Å². The number of aromatic hydroxyl groups is 1. The number of benzene rings is 1. The van der Waals surface area contributed by atoms with Gasteiger partial charge in [-0.25, -0.2) is 15.0 Å². The smallest absolute Gasteiger partial charge is 0.193 e. The maximum absolute atomic E-state index is 9.38. The molecule has 0 atom stereocenters. The molecule has 6 nitrogen and oxygen atoms in total. The van der Waals surface area contributed by atoms with Crippen molar-refractivity contribution < 1.29 is 9.52 Å². The summed E-state index contributed by atoms with van der Waals surface area (Å²) in [6.07, 6.45) is 3.36. The second-order valence-electron chi connectivity index (χ2n) is 5.03. The molecule has 0 aliphatic heterocycles. The zero-order valence-corrected chi connectivity index (χ0v) is 14.0. The summed E-state index contributed by atoms with van der Waals surface area (Å²) < 4.78 is 8.04. The van der Waals surface area contributed by atoms with Crippen LogP contribution in [0.4, 0.5) is 0 Å². The summed E-state index contributed by atoms with van der Waals surface area (Å²) in [5.41, 5.74) is 3.20. The zero-order chi connectivity index (χ0) is 15.8. The highest BCUT2D eigenvalue weighted by atomic mass is 127. The minimum absolute atomic E-state index is 0.251. The van der Waals surface area contributed by atoms with E-state index in [0.717, 1.165) is 11.2 Å². The van der Waals surface area contributed by atoms with Crippen LogP contribution in [0.1, 0.15) is 5.56 Å². The normalized spacial score (nSPS) is 11.2. The van der Waals surface area contributed by atoms with Crippen LogP contribution >= 0.6 is 22.6 Å². The Balaban J connectivity index is 1.81. The van der Waals surface area contributed by atoms with Crippen molar-refractivity contribution in [1.29, 1.82) is 0 Å². The second-order valence-corrected chi connectivity index (χ2v) is 5.99. The third-order valence-corrected chi connectivity index (χ3v) is 3.96. The highest BCUT2D eigenvalue weighted by Crippen LogP contribution is 2.26. The quantitative estimate of drug-likeness (QED) is 0.408. The van der Waals surface area contributed by atoms with Crippen molar-refractivity contribution in [2.75, 3.05) is 0 Å². The summed E-state index contributed by atoms with van der Waals surface area (Å²) in [6, 6.07) is 10.8. The molecule has 0 aliphatic rings. The van der Waals surface area contributed by atoms with Gasteiger partial charge in [-0.2, -0.15) is 0 Å². The Morgan fingerprint density at radius 1 is 1.13 bits per heavy atom. The fourth-order valence-electron chi connectivity index (χ4n) is 2.42. The van der Waals surface area contributed by atoms with E-state index in [1.54, 1.807) is 24.7 Å². The largest absolute Gasteiger partial charge is 0.508 e. The number of nitrogens with zero attached hydrogens (tertiary/aromatic N) is 4. The molecule has 4 aromatic rings. The zero-order valence-electron chi connectivity index (χ0n) is 11.8. The number of fused-ring (bicyclic) bond motifs is 1. The Morgan fingerprint density at radius 2 is 1.96 bits per heavy atom. The van der Waals surface area contributed by atoms with Gasteiger partial charge in [-0.05, 0) is 29.8 Å². The van der Waals surface area contributed by atoms with E-state index in [-0.39, 0.29) is 5.75 Å². The Bertz CT molecular complexity index is 962. The number of imidazole rings is 1. The van der Waals surface area contributed by atoms with Gasteiger partial charge in [-0.3, -0.25) is 0 Å². The van der Waals surface area contributed by atoms with Crippen molar-refractivity contribution in [1.82, 2.24) is 19.5 Å². The van der Waals surface area contributed by atoms with Crippen LogP contribution in [-0.4, -0.2) is 24.6 Å². The number of phenolic OH excluding ortho intramolecular Hbond substituents is 1.